The van der Waals surface area contributed by atoms with Crippen LogP contribution < -0.4 is 5.32 Å². The van der Waals surface area contributed by atoms with E-state index in [-0.39, 0.29) is 23.3 Å². The molecule has 3 rings (SSSR count). The molecule has 1 N–H and O–H groups in total. The van der Waals surface area contributed by atoms with Gasteiger partial charge in [-0.3, -0.25) is 4.79 Å². The van der Waals surface area contributed by atoms with E-state index in [2.05, 4.69) is 36.5 Å². The lowest BCUT2D eigenvalue weighted by Crippen LogP contribution is -2.45. The molecule has 0 radical (unpaired) electrons. The Balaban J connectivity index is 1.44. The van der Waals surface area contributed by atoms with Crippen molar-refractivity contribution in [1.82, 2.24) is 9.62 Å². The lowest BCUT2D eigenvalue weighted by atomic mass is 9.99. The highest BCUT2D eigenvalue weighted by atomic mass is 32.2. The summed E-state index contributed by atoms with van der Waals surface area (Å²) in [6, 6.07) is 16.9. The summed E-state index contributed by atoms with van der Waals surface area (Å²) in [5.41, 5.74) is 2.53. The highest BCUT2D eigenvalue weighted by molar-refractivity contribution is 7.98. The highest BCUT2D eigenvalue weighted by Gasteiger charge is 2.33. The summed E-state index contributed by atoms with van der Waals surface area (Å²) in [7, 11) is -3.54. The molecule has 0 saturated carbocycles. The number of nitrogens with one attached hydrogen (secondary N) is 1. The Hall–Kier alpha value is -1.83. The smallest absolute Gasteiger partial charge is 0.243 e. The number of benzene rings is 2. The number of piperidine rings is 1. The van der Waals surface area contributed by atoms with Crippen LogP contribution in [0.2, 0.25) is 0 Å². The average Bonchev–Trinajstić information content (AvgIpc) is 2.75. The van der Waals surface area contributed by atoms with Crippen molar-refractivity contribution < 1.29 is 13.2 Å². The third-order valence-corrected chi connectivity index (χ3v) is 7.98. The predicted molar refractivity (Wildman–Crippen MR) is 118 cm³/mol. The Labute approximate surface area is 177 Å². The van der Waals surface area contributed by atoms with Crippen molar-refractivity contribution in [3.05, 3.63) is 65.7 Å². The van der Waals surface area contributed by atoms with Gasteiger partial charge in [0.1, 0.15) is 0 Å². The molecule has 2 aromatic rings. The topological polar surface area (TPSA) is 66.5 Å². The Morgan fingerprint density at radius 3 is 2.59 bits per heavy atom. The van der Waals surface area contributed by atoms with Crippen molar-refractivity contribution in [3.63, 3.8) is 0 Å². The fraction of sp³-hybridized carbons (Fsp3) is 0.409. The highest BCUT2D eigenvalue weighted by Crippen LogP contribution is 2.23. The molecule has 0 bridgehead atoms. The van der Waals surface area contributed by atoms with Gasteiger partial charge in [-0.25, -0.2) is 8.42 Å². The van der Waals surface area contributed by atoms with Gasteiger partial charge in [0, 0.05) is 31.1 Å². The summed E-state index contributed by atoms with van der Waals surface area (Å²) < 4.78 is 27.0. The summed E-state index contributed by atoms with van der Waals surface area (Å²) in [5.74, 6) is 1.42. The molecule has 1 saturated heterocycles. The summed E-state index contributed by atoms with van der Waals surface area (Å²) in [5, 5.41) is 2.98. The first-order chi connectivity index (χ1) is 14.0. The minimum absolute atomic E-state index is 0.0473. The summed E-state index contributed by atoms with van der Waals surface area (Å²) in [6.45, 7) is 3.38. The van der Waals surface area contributed by atoms with Crippen LogP contribution in [0.25, 0.3) is 0 Å². The maximum absolute atomic E-state index is 12.8. The molecule has 2 aromatic carbocycles. The zero-order chi connectivity index (χ0) is 20.7. The second-order valence-corrected chi connectivity index (χ2v) is 10.4. The third-order valence-electron chi connectivity index (χ3n) is 5.07. The average molecular weight is 433 g/mol. The molecule has 1 aliphatic heterocycles. The number of thioether (sulfide) groups is 1. The standard InChI is InChI=1S/C22H28N2O3S2/c1-18-9-11-19(12-10-18)17-28-15-13-23-22(25)20-6-5-14-24(16-20)29(26,27)21-7-3-2-4-8-21/h2-4,7-12,20H,5-6,13-17H2,1H3,(H,23,25)/t20-/m0/s1. The fourth-order valence-corrected chi connectivity index (χ4v) is 5.75. The van der Waals surface area contributed by atoms with Crippen LogP contribution in [-0.2, 0) is 20.6 Å². The SMILES string of the molecule is Cc1ccc(CSCCNC(=O)[C@H]2CCCN(S(=O)(=O)c3ccccc3)C2)cc1. The normalized spacial score (nSPS) is 17.8. The number of sulfonamides is 1. The van der Waals surface area contributed by atoms with Gasteiger partial charge in [0.05, 0.1) is 10.8 Å². The van der Waals surface area contributed by atoms with E-state index >= 15 is 0 Å². The van der Waals surface area contributed by atoms with Crippen LogP contribution in [0.1, 0.15) is 24.0 Å². The first-order valence-electron chi connectivity index (χ1n) is 9.93. The van der Waals surface area contributed by atoms with Crippen LogP contribution >= 0.6 is 11.8 Å². The van der Waals surface area contributed by atoms with Crippen LogP contribution in [-0.4, -0.2) is 44.0 Å². The predicted octanol–water partition coefficient (Wildman–Crippen LogP) is 3.45. The zero-order valence-corrected chi connectivity index (χ0v) is 18.3. The minimum atomic E-state index is -3.54. The zero-order valence-electron chi connectivity index (χ0n) is 16.7. The van der Waals surface area contributed by atoms with E-state index < -0.39 is 10.0 Å². The fourth-order valence-electron chi connectivity index (χ4n) is 3.38. The number of hydrogen-bond acceptors (Lipinski definition) is 4. The first-order valence-corrected chi connectivity index (χ1v) is 12.5. The third kappa shape index (κ3) is 6.07. The van der Waals surface area contributed by atoms with Gasteiger partial charge in [-0.15, -0.1) is 0 Å². The molecule has 1 heterocycles. The van der Waals surface area contributed by atoms with Crippen LogP contribution in [0.15, 0.2) is 59.5 Å². The van der Waals surface area contributed by atoms with Gasteiger partial charge in [-0.2, -0.15) is 16.1 Å². The lowest BCUT2D eigenvalue weighted by Gasteiger charge is -2.31. The summed E-state index contributed by atoms with van der Waals surface area (Å²) >= 11 is 1.78. The molecular formula is C22H28N2O3S2. The number of rotatable bonds is 8. The van der Waals surface area contributed by atoms with E-state index in [0.717, 1.165) is 17.9 Å². The lowest BCUT2D eigenvalue weighted by molar-refractivity contribution is -0.125. The van der Waals surface area contributed by atoms with Crippen molar-refractivity contribution in [1.29, 1.82) is 0 Å². The maximum atomic E-state index is 12.8. The Kier molecular flexibility index (Phi) is 7.75. The van der Waals surface area contributed by atoms with Crippen LogP contribution in [0, 0.1) is 12.8 Å². The molecule has 0 aromatic heterocycles. The molecule has 0 unspecified atom stereocenters. The number of carbonyl (C=O) groups is 1. The van der Waals surface area contributed by atoms with Crippen molar-refractivity contribution in [2.45, 2.75) is 30.4 Å². The quantitative estimate of drug-likeness (QED) is 0.649. The van der Waals surface area contributed by atoms with Crippen molar-refractivity contribution in [2.75, 3.05) is 25.4 Å². The van der Waals surface area contributed by atoms with E-state index in [1.165, 1.54) is 15.4 Å². The number of nitrogens with zero attached hydrogens (tertiary/aromatic N) is 1. The molecule has 1 fully saturated rings. The van der Waals surface area contributed by atoms with Gasteiger partial charge >= 0.3 is 0 Å². The number of carbonyl (C=O) groups excluding carboxylic acids is 1. The minimum Gasteiger partial charge on any atom is -0.355 e. The van der Waals surface area contributed by atoms with Crippen LogP contribution in [0.3, 0.4) is 0 Å². The second kappa shape index (κ2) is 10.3. The number of hydrogen-bond donors (Lipinski definition) is 1. The molecule has 5 nitrogen and oxygen atoms in total. The van der Waals surface area contributed by atoms with Gasteiger partial charge in [-0.1, -0.05) is 48.0 Å². The van der Waals surface area contributed by atoms with Gasteiger partial charge < -0.3 is 5.32 Å². The number of amides is 1. The monoisotopic (exact) mass is 432 g/mol. The molecule has 156 valence electrons. The first kappa shape index (κ1) is 21.9. The summed E-state index contributed by atoms with van der Waals surface area (Å²) in [4.78, 5) is 12.8. The Morgan fingerprint density at radius 2 is 1.86 bits per heavy atom. The molecule has 7 heteroatoms. The summed E-state index contributed by atoms with van der Waals surface area (Å²) in [6.07, 6.45) is 1.43. The molecule has 29 heavy (non-hydrogen) atoms. The second-order valence-electron chi connectivity index (χ2n) is 7.34. The Morgan fingerprint density at radius 1 is 1.14 bits per heavy atom. The van der Waals surface area contributed by atoms with Gasteiger partial charge in [-0.05, 0) is 37.5 Å². The van der Waals surface area contributed by atoms with Gasteiger partial charge in [0.2, 0.25) is 15.9 Å². The van der Waals surface area contributed by atoms with Gasteiger partial charge in [0.15, 0.2) is 0 Å². The van der Waals surface area contributed by atoms with E-state index in [4.69, 9.17) is 0 Å². The largest absolute Gasteiger partial charge is 0.355 e. The van der Waals surface area contributed by atoms with E-state index in [0.29, 0.717) is 19.5 Å². The molecule has 1 aliphatic rings. The Bertz CT molecular complexity index is 899. The van der Waals surface area contributed by atoms with E-state index in [1.807, 2.05) is 0 Å². The molecule has 0 aliphatic carbocycles. The maximum Gasteiger partial charge on any atom is 0.243 e. The molecule has 1 amide bonds. The van der Waals surface area contributed by atoms with Crippen LogP contribution in [0.4, 0.5) is 0 Å². The molecular weight excluding hydrogens is 404 g/mol. The van der Waals surface area contributed by atoms with Crippen molar-refractivity contribution in [3.8, 4) is 0 Å². The van der Waals surface area contributed by atoms with Gasteiger partial charge in [0.25, 0.3) is 0 Å². The van der Waals surface area contributed by atoms with Crippen molar-refractivity contribution in [2.24, 2.45) is 5.92 Å². The van der Waals surface area contributed by atoms with E-state index in [9.17, 15) is 13.2 Å². The molecule has 1 atom stereocenters. The van der Waals surface area contributed by atoms with Crippen LogP contribution in [0.5, 0.6) is 0 Å². The molecule has 0 spiro atoms. The number of aryl methyl sites for hydroxylation is 1. The van der Waals surface area contributed by atoms with Crippen molar-refractivity contribution >= 4 is 27.7 Å². The van der Waals surface area contributed by atoms with E-state index in [1.54, 1.807) is 42.1 Å².